The number of rotatable bonds is 3. The van der Waals surface area contributed by atoms with Crippen LogP contribution in [0.25, 0.3) is 49.7 Å². The molecule has 0 fully saturated rings. The molecule has 1 aromatic heterocycles. The van der Waals surface area contributed by atoms with Gasteiger partial charge >= 0.3 is 0 Å². The van der Waals surface area contributed by atoms with E-state index in [9.17, 15) is 0 Å². The van der Waals surface area contributed by atoms with E-state index in [0.29, 0.717) is 0 Å². The second-order valence-corrected chi connectivity index (χ2v) is 8.44. The molecule has 0 atom stereocenters. The van der Waals surface area contributed by atoms with E-state index in [-0.39, 0.29) is 0 Å². The zero-order valence-electron chi connectivity index (χ0n) is 17.4. The van der Waals surface area contributed by atoms with Crippen molar-refractivity contribution in [3.05, 3.63) is 126 Å². The fourth-order valence-electron chi connectivity index (χ4n) is 4.53. The molecule has 0 aliphatic carbocycles. The Balaban J connectivity index is 1.56. The highest BCUT2D eigenvalue weighted by Gasteiger charge is 2.13. The first kappa shape index (κ1) is 18.9. The lowest BCUT2D eigenvalue weighted by molar-refractivity contribution is 1.18. The highest BCUT2D eigenvalue weighted by Crippen LogP contribution is 2.35. The second kappa shape index (κ2) is 7.71. The number of benzene rings is 5. The molecule has 2 heteroatoms. The van der Waals surface area contributed by atoms with E-state index in [1.807, 2.05) is 12.1 Å². The first-order valence-electron chi connectivity index (χ1n) is 10.7. The minimum absolute atomic E-state index is 0.754. The molecular formula is C30H20ClN. The third-order valence-corrected chi connectivity index (χ3v) is 6.31. The summed E-state index contributed by atoms with van der Waals surface area (Å²) in [5, 5.41) is 3.29. The molecule has 0 bridgehead atoms. The molecule has 0 aliphatic rings. The minimum atomic E-state index is 0.754. The standard InChI is InChI=1S/C30H20ClN/c31-25-16-13-21(14-17-25)22-7-6-8-23(19-22)24-15-18-28-27-11-4-5-12-29(27)32(30(28)20-24)26-9-2-1-3-10-26/h1-20H. The Labute approximate surface area is 192 Å². The Kier molecular flexibility index (Phi) is 4.56. The Bertz CT molecular complexity index is 1560. The molecule has 0 N–H and O–H groups in total. The summed E-state index contributed by atoms with van der Waals surface area (Å²) in [5.74, 6) is 0. The molecule has 0 amide bonds. The van der Waals surface area contributed by atoms with E-state index in [2.05, 4.69) is 114 Å². The van der Waals surface area contributed by atoms with Crippen LogP contribution in [0.4, 0.5) is 0 Å². The smallest absolute Gasteiger partial charge is 0.0547 e. The van der Waals surface area contributed by atoms with E-state index in [0.717, 1.165) is 10.6 Å². The van der Waals surface area contributed by atoms with Crippen LogP contribution in [-0.2, 0) is 0 Å². The summed E-state index contributed by atoms with van der Waals surface area (Å²) in [6, 6.07) is 42.7. The van der Waals surface area contributed by atoms with Crippen LogP contribution in [0.3, 0.4) is 0 Å². The zero-order chi connectivity index (χ0) is 21.5. The van der Waals surface area contributed by atoms with Crippen LogP contribution in [0.2, 0.25) is 5.02 Å². The number of hydrogen-bond acceptors (Lipinski definition) is 0. The Morgan fingerprint density at radius 2 is 1.06 bits per heavy atom. The highest BCUT2D eigenvalue weighted by molar-refractivity contribution is 6.30. The normalized spacial score (nSPS) is 11.3. The quantitative estimate of drug-likeness (QED) is 0.265. The fraction of sp³-hybridized carbons (Fsp3) is 0. The van der Waals surface area contributed by atoms with Gasteiger partial charge in [0, 0.05) is 21.5 Å². The molecule has 0 radical (unpaired) electrons. The van der Waals surface area contributed by atoms with Gasteiger partial charge in [-0.3, -0.25) is 0 Å². The lowest BCUT2D eigenvalue weighted by Gasteiger charge is -2.10. The molecule has 0 unspecified atom stereocenters. The molecule has 6 aromatic rings. The summed E-state index contributed by atoms with van der Waals surface area (Å²) < 4.78 is 2.36. The van der Waals surface area contributed by atoms with Crippen molar-refractivity contribution in [1.29, 1.82) is 0 Å². The van der Waals surface area contributed by atoms with E-state index in [1.54, 1.807) is 0 Å². The van der Waals surface area contributed by atoms with Gasteiger partial charge in [-0.1, -0.05) is 90.5 Å². The van der Waals surface area contributed by atoms with Gasteiger partial charge in [0.15, 0.2) is 0 Å². The van der Waals surface area contributed by atoms with Crippen molar-refractivity contribution in [2.24, 2.45) is 0 Å². The van der Waals surface area contributed by atoms with Crippen LogP contribution >= 0.6 is 11.6 Å². The van der Waals surface area contributed by atoms with Gasteiger partial charge in [-0.25, -0.2) is 0 Å². The first-order chi connectivity index (χ1) is 15.8. The first-order valence-corrected chi connectivity index (χ1v) is 11.1. The summed E-state index contributed by atoms with van der Waals surface area (Å²) in [6.07, 6.45) is 0. The van der Waals surface area contributed by atoms with Crippen LogP contribution in [0.15, 0.2) is 121 Å². The van der Waals surface area contributed by atoms with Gasteiger partial charge in [-0.15, -0.1) is 0 Å². The summed E-state index contributed by atoms with van der Waals surface area (Å²) in [6.45, 7) is 0. The molecular weight excluding hydrogens is 410 g/mol. The van der Waals surface area contributed by atoms with Crippen molar-refractivity contribution in [3.63, 3.8) is 0 Å². The van der Waals surface area contributed by atoms with E-state index < -0.39 is 0 Å². The van der Waals surface area contributed by atoms with Gasteiger partial charge in [0.25, 0.3) is 0 Å². The van der Waals surface area contributed by atoms with Crippen LogP contribution in [-0.4, -0.2) is 4.57 Å². The highest BCUT2D eigenvalue weighted by atomic mass is 35.5. The van der Waals surface area contributed by atoms with Gasteiger partial charge in [0.05, 0.1) is 11.0 Å². The predicted molar refractivity (Wildman–Crippen MR) is 137 cm³/mol. The largest absolute Gasteiger partial charge is 0.309 e. The zero-order valence-corrected chi connectivity index (χ0v) is 18.1. The van der Waals surface area contributed by atoms with Crippen molar-refractivity contribution < 1.29 is 0 Å². The maximum atomic E-state index is 6.08. The van der Waals surface area contributed by atoms with Crippen LogP contribution in [0.5, 0.6) is 0 Å². The molecule has 32 heavy (non-hydrogen) atoms. The number of aromatic nitrogens is 1. The number of para-hydroxylation sites is 2. The average molecular weight is 430 g/mol. The van der Waals surface area contributed by atoms with E-state index >= 15 is 0 Å². The van der Waals surface area contributed by atoms with Crippen molar-refractivity contribution in [1.82, 2.24) is 4.57 Å². The van der Waals surface area contributed by atoms with Crippen LogP contribution in [0, 0.1) is 0 Å². The molecule has 0 saturated heterocycles. The minimum Gasteiger partial charge on any atom is -0.309 e. The molecule has 1 nitrogen and oxygen atoms in total. The lowest BCUT2D eigenvalue weighted by Crippen LogP contribution is -1.93. The van der Waals surface area contributed by atoms with Crippen molar-refractivity contribution >= 4 is 33.4 Å². The maximum absolute atomic E-state index is 6.08. The van der Waals surface area contributed by atoms with Crippen molar-refractivity contribution in [2.45, 2.75) is 0 Å². The summed E-state index contributed by atoms with van der Waals surface area (Å²) in [7, 11) is 0. The van der Waals surface area contributed by atoms with E-state index in [1.165, 1.54) is 44.2 Å². The molecule has 0 saturated carbocycles. The van der Waals surface area contributed by atoms with Gasteiger partial charge < -0.3 is 4.57 Å². The second-order valence-electron chi connectivity index (χ2n) is 8.01. The lowest BCUT2D eigenvalue weighted by atomic mass is 9.98. The summed E-state index contributed by atoms with van der Waals surface area (Å²) in [4.78, 5) is 0. The molecule has 0 spiro atoms. The van der Waals surface area contributed by atoms with Gasteiger partial charge in [0.2, 0.25) is 0 Å². The predicted octanol–water partition coefficient (Wildman–Crippen LogP) is 8.77. The summed E-state index contributed by atoms with van der Waals surface area (Å²) >= 11 is 6.08. The molecule has 152 valence electrons. The van der Waals surface area contributed by atoms with Gasteiger partial charge in [-0.05, 0) is 64.7 Å². The van der Waals surface area contributed by atoms with Gasteiger partial charge in [0.1, 0.15) is 0 Å². The SMILES string of the molecule is Clc1ccc(-c2cccc(-c3ccc4c5ccccc5n(-c5ccccc5)c4c3)c2)cc1. The fourth-order valence-corrected chi connectivity index (χ4v) is 4.65. The monoisotopic (exact) mass is 429 g/mol. The molecule has 0 aliphatic heterocycles. The molecule has 5 aromatic carbocycles. The number of halogens is 1. The van der Waals surface area contributed by atoms with Crippen molar-refractivity contribution in [2.75, 3.05) is 0 Å². The average Bonchev–Trinajstić information content (AvgIpc) is 3.19. The van der Waals surface area contributed by atoms with Gasteiger partial charge in [-0.2, -0.15) is 0 Å². The summed E-state index contributed by atoms with van der Waals surface area (Å²) in [5.41, 5.74) is 8.36. The number of hydrogen-bond donors (Lipinski definition) is 0. The topological polar surface area (TPSA) is 4.93 Å². The number of nitrogens with zero attached hydrogens (tertiary/aromatic N) is 1. The third kappa shape index (κ3) is 3.19. The Morgan fingerprint density at radius 3 is 1.88 bits per heavy atom. The third-order valence-electron chi connectivity index (χ3n) is 6.06. The van der Waals surface area contributed by atoms with Crippen molar-refractivity contribution in [3.8, 4) is 27.9 Å². The van der Waals surface area contributed by atoms with Crippen LogP contribution < -0.4 is 0 Å². The molecule has 1 heterocycles. The van der Waals surface area contributed by atoms with E-state index in [4.69, 9.17) is 11.6 Å². The van der Waals surface area contributed by atoms with Crippen LogP contribution in [0.1, 0.15) is 0 Å². The number of fused-ring (bicyclic) bond motifs is 3. The Hall–Kier alpha value is -3.81. The Morgan fingerprint density at radius 1 is 0.438 bits per heavy atom. The molecule has 6 rings (SSSR count). The maximum Gasteiger partial charge on any atom is 0.0547 e.